The Kier molecular flexibility index (Phi) is 5.44. The van der Waals surface area contributed by atoms with Crippen molar-refractivity contribution in [2.45, 2.75) is 45.7 Å². The quantitative estimate of drug-likeness (QED) is 0.509. The zero-order chi connectivity index (χ0) is 22.2. The van der Waals surface area contributed by atoms with E-state index in [4.69, 9.17) is 17.2 Å². The summed E-state index contributed by atoms with van der Waals surface area (Å²) in [4.78, 5) is 8.26. The lowest BCUT2D eigenvalue weighted by Crippen LogP contribution is -2.50. The fourth-order valence-electron chi connectivity index (χ4n) is 4.20. The Morgan fingerprint density at radius 2 is 1.26 bits per heavy atom. The van der Waals surface area contributed by atoms with E-state index in [0.717, 1.165) is 27.8 Å². The topological polar surface area (TPSA) is 27.6 Å². The van der Waals surface area contributed by atoms with E-state index in [2.05, 4.69) is 112 Å². The Balaban J connectivity index is 2.02. The minimum absolute atomic E-state index is 0.174. The van der Waals surface area contributed by atoms with Gasteiger partial charge in [0.25, 0.3) is 0 Å². The van der Waals surface area contributed by atoms with E-state index < -0.39 is 5.54 Å². The number of aryl methyl sites for hydroxylation is 2. The van der Waals surface area contributed by atoms with Gasteiger partial charge in [-0.3, -0.25) is 4.90 Å². The van der Waals surface area contributed by atoms with Crippen LogP contribution in [0.25, 0.3) is 0 Å². The van der Waals surface area contributed by atoms with Crippen LogP contribution in [0.1, 0.15) is 43.0 Å². The molecule has 0 saturated carbocycles. The average Bonchev–Trinajstić information content (AvgIpc) is 3.01. The molecule has 0 bridgehead atoms. The van der Waals surface area contributed by atoms with Gasteiger partial charge in [-0.05, 0) is 56.9 Å². The molecule has 0 radical (unpaired) electrons. The number of aliphatic imine (C=N–C) groups is 1. The third-order valence-corrected chi connectivity index (χ3v) is 6.01. The third kappa shape index (κ3) is 3.77. The molecule has 0 atom stereocenters. The van der Waals surface area contributed by atoms with Crippen molar-refractivity contribution in [3.63, 3.8) is 0 Å². The molecule has 1 aliphatic rings. The summed E-state index contributed by atoms with van der Waals surface area (Å²) in [5.41, 5.74) is 4.61. The molecule has 0 saturated heterocycles. The highest BCUT2D eigenvalue weighted by molar-refractivity contribution is 7.81. The van der Waals surface area contributed by atoms with Crippen molar-refractivity contribution in [1.82, 2.24) is 5.32 Å². The molecule has 1 aliphatic heterocycles. The number of thiocarbonyl (C=S) groups is 1. The van der Waals surface area contributed by atoms with Gasteiger partial charge >= 0.3 is 0 Å². The van der Waals surface area contributed by atoms with Crippen molar-refractivity contribution in [2.75, 3.05) is 4.90 Å². The Labute approximate surface area is 190 Å². The first-order valence-electron chi connectivity index (χ1n) is 10.6. The van der Waals surface area contributed by atoms with Crippen LogP contribution in [0.3, 0.4) is 0 Å². The largest absolute Gasteiger partial charge is 0.351 e. The number of guanidine groups is 1. The van der Waals surface area contributed by atoms with Crippen LogP contribution in [0.5, 0.6) is 0 Å². The van der Waals surface area contributed by atoms with E-state index in [9.17, 15) is 0 Å². The number of hydrogen-bond acceptors (Lipinski definition) is 3. The monoisotopic (exact) mass is 427 g/mol. The molecular formula is C27H29N3S. The van der Waals surface area contributed by atoms with Crippen LogP contribution in [-0.4, -0.2) is 16.5 Å². The average molecular weight is 428 g/mol. The van der Waals surface area contributed by atoms with Crippen LogP contribution in [0, 0.1) is 13.8 Å². The molecule has 1 N–H and O–H groups in total. The Hall–Kier alpha value is -2.98. The normalized spacial score (nSPS) is 15.7. The van der Waals surface area contributed by atoms with Crippen molar-refractivity contribution in [1.29, 1.82) is 0 Å². The highest BCUT2D eigenvalue weighted by Crippen LogP contribution is 2.43. The standard InChI is InChI=1S/C27H29N3S/c1-19-13-12-14-20(2)23(19)30-24(31)27(21-15-8-6-9-16-21,22-17-10-7-11-18-22)29-25(30)28-26(3,4)5/h6-18H,1-5H3,(H,28,29). The van der Waals surface area contributed by atoms with Crippen molar-refractivity contribution in [3.05, 3.63) is 101 Å². The molecule has 0 spiro atoms. The Morgan fingerprint density at radius 1 is 0.774 bits per heavy atom. The molecular weight excluding hydrogens is 398 g/mol. The second-order valence-corrected chi connectivity index (χ2v) is 9.52. The first-order chi connectivity index (χ1) is 14.7. The molecule has 3 aromatic rings. The number of rotatable bonds is 3. The fourth-order valence-corrected chi connectivity index (χ4v) is 4.66. The van der Waals surface area contributed by atoms with Gasteiger partial charge in [-0.2, -0.15) is 0 Å². The van der Waals surface area contributed by atoms with E-state index in [1.165, 1.54) is 11.1 Å². The summed E-state index contributed by atoms with van der Waals surface area (Å²) in [7, 11) is 0. The van der Waals surface area contributed by atoms with E-state index in [-0.39, 0.29) is 5.54 Å². The van der Waals surface area contributed by atoms with E-state index in [1.54, 1.807) is 0 Å². The van der Waals surface area contributed by atoms with Crippen LogP contribution in [0.4, 0.5) is 5.69 Å². The van der Waals surface area contributed by atoms with Crippen LogP contribution >= 0.6 is 12.2 Å². The summed E-state index contributed by atoms with van der Waals surface area (Å²) in [6.07, 6.45) is 0. The molecule has 31 heavy (non-hydrogen) atoms. The molecule has 4 heteroatoms. The highest BCUT2D eigenvalue weighted by Gasteiger charge is 2.49. The summed E-state index contributed by atoms with van der Waals surface area (Å²) < 4.78 is 0. The maximum absolute atomic E-state index is 6.28. The smallest absolute Gasteiger partial charge is 0.205 e. The number of nitrogens with zero attached hydrogens (tertiary/aromatic N) is 2. The highest BCUT2D eigenvalue weighted by atomic mass is 32.1. The summed E-state index contributed by atoms with van der Waals surface area (Å²) in [6.45, 7) is 10.7. The van der Waals surface area contributed by atoms with Gasteiger partial charge in [0.2, 0.25) is 5.96 Å². The second kappa shape index (κ2) is 7.93. The van der Waals surface area contributed by atoms with Crippen LogP contribution in [0.15, 0.2) is 83.9 Å². The van der Waals surface area contributed by atoms with E-state index >= 15 is 0 Å². The lowest BCUT2D eigenvalue weighted by molar-refractivity contribution is 0.508. The molecule has 0 aliphatic carbocycles. The van der Waals surface area contributed by atoms with Crippen molar-refractivity contribution in [2.24, 2.45) is 4.99 Å². The minimum atomic E-state index is -0.778. The van der Waals surface area contributed by atoms with Crippen LogP contribution in [0.2, 0.25) is 0 Å². The van der Waals surface area contributed by atoms with Gasteiger partial charge in [0.05, 0.1) is 5.69 Å². The van der Waals surface area contributed by atoms with E-state index in [0.29, 0.717) is 0 Å². The first-order valence-corrected chi connectivity index (χ1v) is 11.0. The number of benzene rings is 3. The molecule has 4 rings (SSSR count). The van der Waals surface area contributed by atoms with Crippen molar-refractivity contribution in [3.8, 4) is 0 Å². The predicted octanol–water partition coefficient (Wildman–Crippen LogP) is 6.14. The van der Waals surface area contributed by atoms with Gasteiger partial charge in [-0.25, -0.2) is 4.99 Å². The van der Waals surface area contributed by atoms with Gasteiger partial charge in [-0.15, -0.1) is 0 Å². The van der Waals surface area contributed by atoms with Crippen LogP contribution in [-0.2, 0) is 5.54 Å². The maximum atomic E-state index is 6.28. The van der Waals surface area contributed by atoms with Crippen molar-refractivity contribution >= 4 is 28.9 Å². The van der Waals surface area contributed by atoms with Gasteiger partial charge in [0, 0.05) is 5.54 Å². The summed E-state index contributed by atoms with van der Waals surface area (Å²) in [5.74, 6) is 0.780. The van der Waals surface area contributed by atoms with Gasteiger partial charge < -0.3 is 5.32 Å². The summed E-state index contributed by atoms with van der Waals surface area (Å²) >= 11 is 6.28. The van der Waals surface area contributed by atoms with Gasteiger partial charge in [0.1, 0.15) is 4.99 Å². The third-order valence-electron chi connectivity index (χ3n) is 5.53. The first kappa shape index (κ1) is 21.3. The number of para-hydroxylation sites is 1. The fraction of sp³-hybridized carbons (Fsp3) is 0.259. The lowest BCUT2D eigenvalue weighted by Gasteiger charge is -2.32. The molecule has 0 amide bonds. The molecule has 0 fully saturated rings. The lowest BCUT2D eigenvalue weighted by atomic mass is 9.83. The molecule has 0 aromatic heterocycles. The predicted molar refractivity (Wildman–Crippen MR) is 135 cm³/mol. The SMILES string of the molecule is Cc1cccc(C)c1N1C(=S)C(c2ccccc2)(c2ccccc2)N=C1NC(C)(C)C. The van der Waals surface area contributed by atoms with Crippen molar-refractivity contribution < 1.29 is 0 Å². The van der Waals surface area contributed by atoms with Gasteiger partial charge in [-0.1, -0.05) is 91.1 Å². The van der Waals surface area contributed by atoms with E-state index in [1.807, 2.05) is 12.1 Å². The molecule has 1 heterocycles. The second-order valence-electron chi connectivity index (χ2n) is 9.13. The summed E-state index contributed by atoms with van der Waals surface area (Å²) in [6, 6.07) is 27.1. The van der Waals surface area contributed by atoms with Crippen LogP contribution < -0.4 is 10.2 Å². The molecule has 3 aromatic carbocycles. The molecule has 158 valence electrons. The zero-order valence-electron chi connectivity index (χ0n) is 18.8. The molecule has 0 unspecified atom stereocenters. The minimum Gasteiger partial charge on any atom is -0.351 e. The number of nitrogens with one attached hydrogen (secondary N) is 1. The summed E-state index contributed by atoms with van der Waals surface area (Å²) in [5, 5.41) is 3.63. The van der Waals surface area contributed by atoms with Gasteiger partial charge in [0.15, 0.2) is 5.54 Å². The number of hydrogen-bond donors (Lipinski definition) is 1. The zero-order valence-corrected chi connectivity index (χ0v) is 19.6. The Bertz CT molecular complexity index is 1070. The maximum Gasteiger partial charge on any atom is 0.205 e. The number of anilines is 1. The molecule has 3 nitrogen and oxygen atoms in total. The Morgan fingerprint density at radius 3 is 1.71 bits per heavy atom.